The van der Waals surface area contributed by atoms with Crippen molar-refractivity contribution in [1.29, 1.82) is 0 Å². The van der Waals surface area contributed by atoms with E-state index in [4.69, 9.17) is 9.47 Å². The molecule has 2 aliphatic rings. The second-order valence-electron chi connectivity index (χ2n) is 6.91. The number of H-pyrrole nitrogens is 1. The van der Waals surface area contributed by atoms with E-state index < -0.39 is 0 Å². The van der Waals surface area contributed by atoms with E-state index in [0.29, 0.717) is 5.41 Å². The van der Waals surface area contributed by atoms with E-state index in [2.05, 4.69) is 28.9 Å². The SMILES string of the molecule is COc1cc(C)c2[nH]ccc2c1CN1CCC2(CC1)COC2. The molecular formula is C18H24N2O2. The molecule has 0 amide bonds. The van der Waals surface area contributed by atoms with Crippen LogP contribution >= 0.6 is 0 Å². The zero-order valence-corrected chi connectivity index (χ0v) is 13.4. The third-order valence-electron chi connectivity index (χ3n) is 5.45. The van der Waals surface area contributed by atoms with Crippen molar-refractivity contribution in [2.75, 3.05) is 33.4 Å². The van der Waals surface area contributed by atoms with Crippen LogP contribution in [0.5, 0.6) is 5.75 Å². The summed E-state index contributed by atoms with van der Waals surface area (Å²) in [6, 6.07) is 4.32. The lowest BCUT2D eigenvalue weighted by atomic mass is 9.77. The number of hydrogen-bond donors (Lipinski definition) is 1. The topological polar surface area (TPSA) is 37.5 Å². The summed E-state index contributed by atoms with van der Waals surface area (Å²) in [6.45, 7) is 7.35. The molecule has 3 heterocycles. The molecule has 0 radical (unpaired) electrons. The number of hydrogen-bond acceptors (Lipinski definition) is 3. The molecule has 0 bridgehead atoms. The van der Waals surface area contributed by atoms with Crippen LogP contribution in [-0.4, -0.2) is 43.3 Å². The molecule has 0 unspecified atom stereocenters. The standard InChI is InChI=1S/C18H24N2O2/c1-13-9-16(21-2)15(14-3-6-19-17(13)14)10-20-7-4-18(5-8-20)11-22-12-18/h3,6,9,19H,4-5,7-8,10-12H2,1-2H3. The van der Waals surface area contributed by atoms with E-state index in [-0.39, 0.29) is 0 Å². The molecule has 118 valence electrons. The van der Waals surface area contributed by atoms with E-state index in [0.717, 1.165) is 38.6 Å². The second-order valence-corrected chi connectivity index (χ2v) is 6.91. The Bertz CT molecular complexity index is 678. The van der Waals surface area contributed by atoms with Crippen molar-refractivity contribution in [2.24, 2.45) is 5.41 Å². The molecule has 4 heteroatoms. The van der Waals surface area contributed by atoms with Gasteiger partial charge in [0.25, 0.3) is 0 Å². The first kappa shape index (κ1) is 14.1. The number of aromatic nitrogens is 1. The predicted molar refractivity (Wildman–Crippen MR) is 87.4 cm³/mol. The maximum atomic E-state index is 5.66. The normalized spacial score (nSPS) is 21.2. The number of rotatable bonds is 3. The van der Waals surface area contributed by atoms with Gasteiger partial charge >= 0.3 is 0 Å². The van der Waals surface area contributed by atoms with Crippen LogP contribution in [-0.2, 0) is 11.3 Å². The van der Waals surface area contributed by atoms with E-state index in [9.17, 15) is 0 Å². The number of fused-ring (bicyclic) bond motifs is 1. The molecule has 0 aliphatic carbocycles. The third kappa shape index (κ3) is 2.22. The summed E-state index contributed by atoms with van der Waals surface area (Å²) >= 11 is 0. The lowest BCUT2D eigenvalue weighted by Gasteiger charge is -2.47. The number of ether oxygens (including phenoxy) is 2. The quantitative estimate of drug-likeness (QED) is 0.946. The number of likely N-dealkylation sites (tertiary alicyclic amines) is 1. The van der Waals surface area contributed by atoms with Crippen molar-refractivity contribution in [3.05, 3.63) is 29.5 Å². The molecule has 1 aromatic carbocycles. The number of benzene rings is 1. The summed E-state index contributed by atoms with van der Waals surface area (Å²) in [5.41, 5.74) is 4.28. The molecule has 4 nitrogen and oxygen atoms in total. The van der Waals surface area contributed by atoms with Crippen molar-refractivity contribution in [1.82, 2.24) is 9.88 Å². The Morgan fingerprint density at radius 2 is 2.09 bits per heavy atom. The Morgan fingerprint density at radius 3 is 2.73 bits per heavy atom. The molecule has 0 atom stereocenters. The van der Waals surface area contributed by atoms with Gasteiger partial charge in [-0.1, -0.05) is 0 Å². The summed E-state index contributed by atoms with van der Waals surface area (Å²) in [6.07, 6.45) is 4.55. The van der Waals surface area contributed by atoms with Crippen molar-refractivity contribution in [2.45, 2.75) is 26.3 Å². The van der Waals surface area contributed by atoms with Crippen LogP contribution < -0.4 is 4.74 Å². The summed E-state index contributed by atoms with van der Waals surface area (Å²) in [7, 11) is 1.77. The molecule has 0 saturated carbocycles. The third-order valence-corrected chi connectivity index (χ3v) is 5.45. The van der Waals surface area contributed by atoms with Gasteiger partial charge in [-0.3, -0.25) is 4.90 Å². The van der Waals surface area contributed by atoms with E-state index >= 15 is 0 Å². The molecule has 4 rings (SSSR count). The second kappa shape index (κ2) is 5.28. The fourth-order valence-electron chi connectivity index (χ4n) is 3.87. The van der Waals surface area contributed by atoms with Crippen molar-refractivity contribution < 1.29 is 9.47 Å². The molecule has 2 saturated heterocycles. The van der Waals surface area contributed by atoms with Crippen molar-refractivity contribution in [3.63, 3.8) is 0 Å². The summed E-state index contributed by atoms with van der Waals surface area (Å²) in [5.74, 6) is 1.01. The van der Waals surface area contributed by atoms with Crippen LogP contribution in [0.4, 0.5) is 0 Å². The molecule has 1 N–H and O–H groups in total. The maximum absolute atomic E-state index is 5.66. The van der Waals surface area contributed by atoms with Crippen LogP contribution in [0.25, 0.3) is 10.9 Å². The summed E-state index contributed by atoms with van der Waals surface area (Å²) < 4.78 is 11.1. The minimum absolute atomic E-state index is 0.497. The van der Waals surface area contributed by atoms with Gasteiger partial charge in [0.1, 0.15) is 5.75 Å². The Labute approximate surface area is 131 Å². The minimum Gasteiger partial charge on any atom is -0.496 e. The zero-order valence-electron chi connectivity index (χ0n) is 13.4. The average Bonchev–Trinajstić information content (AvgIpc) is 2.99. The Balaban J connectivity index is 1.58. The molecule has 1 spiro atoms. The van der Waals surface area contributed by atoms with Gasteiger partial charge in [0, 0.05) is 34.6 Å². The summed E-state index contributed by atoms with van der Waals surface area (Å²) in [5, 5.41) is 1.30. The first-order valence-electron chi connectivity index (χ1n) is 8.14. The van der Waals surface area contributed by atoms with Crippen LogP contribution in [0, 0.1) is 12.3 Å². The molecular weight excluding hydrogens is 276 g/mol. The highest BCUT2D eigenvalue weighted by Gasteiger charge is 2.41. The van der Waals surface area contributed by atoms with Gasteiger partial charge in [-0.25, -0.2) is 0 Å². The highest BCUT2D eigenvalue weighted by Crippen LogP contribution is 2.39. The van der Waals surface area contributed by atoms with Gasteiger partial charge in [-0.2, -0.15) is 0 Å². The van der Waals surface area contributed by atoms with Gasteiger partial charge < -0.3 is 14.5 Å². The van der Waals surface area contributed by atoms with Gasteiger partial charge in [0.2, 0.25) is 0 Å². The highest BCUT2D eigenvalue weighted by molar-refractivity contribution is 5.88. The maximum Gasteiger partial charge on any atom is 0.124 e. The van der Waals surface area contributed by atoms with Crippen LogP contribution in [0.2, 0.25) is 0 Å². The van der Waals surface area contributed by atoms with Crippen LogP contribution in [0.15, 0.2) is 18.3 Å². The number of methoxy groups -OCH3 is 1. The Morgan fingerprint density at radius 1 is 1.32 bits per heavy atom. The molecule has 2 fully saturated rings. The number of aryl methyl sites for hydroxylation is 1. The van der Waals surface area contributed by atoms with Crippen LogP contribution in [0.3, 0.4) is 0 Å². The van der Waals surface area contributed by atoms with Crippen molar-refractivity contribution >= 4 is 10.9 Å². The van der Waals surface area contributed by atoms with E-state index in [1.807, 2.05) is 6.20 Å². The van der Waals surface area contributed by atoms with Crippen LogP contribution in [0.1, 0.15) is 24.0 Å². The van der Waals surface area contributed by atoms with Gasteiger partial charge in [0.05, 0.1) is 20.3 Å². The first-order valence-corrected chi connectivity index (χ1v) is 8.14. The fraction of sp³-hybridized carbons (Fsp3) is 0.556. The van der Waals surface area contributed by atoms with Gasteiger partial charge in [-0.05, 0) is 50.6 Å². The Kier molecular flexibility index (Phi) is 3.39. The van der Waals surface area contributed by atoms with Gasteiger partial charge in [-0.15, -0.1) is 0 Å². The highest BCUT2D eigenvalue weighted by atomic mass is 16.5. The zero-order chi connectivity index (χ0) is 15.2. The number of nitrogens with one attached hydrogen (secondary N) is 1. The monoisotopic (exact) mass is 300 g/mol. The Hall–Kier alpha value is -1.52. The predicted octanol–water partition coefficient (Wildman–Crippen LogP) is 3.10. The lowest BCUT2D eigenvalue weighted by molar-refractivity contribution is -0.140. The number of aromatic amines is 1. The fourth-order valence-corrected chi connectivity index (χ4v) is 3.87. The smallest absolute Gasteiger partial charge is 0.124 e. The average molecular weight is 300 g/mol. The molecule has 22 heavy (non-hydrogen) atoms. The van der Waals surface area contributed by atoms with Gasteiger partial charge in [0.15, 0.2) is 0 Å². The number of nitrogens with zero attached hydrogens (tertiary/aromatic N) is 1. The number of piperidine rings is 1. The van der Waals surface area contributed by atoms with E-state index in [1.165, 1.54) is 34.9 Å². The molecule has 2 aliphatic heterocycles. The first-order chi connectivity index (χ1) is 10.7. The molecule has 2 aromatic rings. The molecule has 1 aromatic heterocycles. The lowest BCUT2D eigenvalue weighted by Crippen LogP contribution is -2.50. The summed E-state index contributed by atoms with van der Waals surface area (Å²) in [4.78, 5) is 5.92. The minimum atomic E-state index is 0.497. The van der Waals surface area contributed by atoms with E-state index in [1.54, 1.807) is 7.11 Å². The largest absolute Gasteiger partial charge is 0.496 e. The van der Waals surface area contributed by atoms with Crippen molar-refractivity contribution in [3.8, 4) is 5.75 Å².